The smallest absolute Gasteiger partial charge is 0.277 e. The van der Waals surface area contributed by atoms with Crippen molar-refractivity contribution in [2.45, 2.75) is 31.7 Å². The zero-order chi connectivity index (χ0) is 19.8. The average molecular weight is 412 g/mol. The van der Waals surface area contributed by atoms with Crippen LogP contribution in [0.5, 0.6) is 0 Å². The summed E-state index contributed by atoms with van der Waals surface area (Å²) >= 11 is 2.53. The molecule has 0 bridgehead atoms. The second-order valence-electron chi connectivity index (χ2n) is 6.33. The number of carbonyl (C=O) groups excluding carboxylic acids is 1. The van der Waals surface area contributed by atoms with Crippen LogP contribution in [0.4, 0.5) is 0 Å². The number of aromatic amines is 1. The van der Waals surface area contributed by atoms with E-state index in [1.807, 2.05) is 31.2 Å². The van der Waals surface area contributed by atoms with Crippen LogP contribution in [0, 0.1) is 13.8 Å². The lowest BCUT2D eigenvalue weighted by atomic mass is 10.1. The molecule has 0 saturated heterocycles. The fraction of sp³-hybridized carbons (Fsp3) is 0.211. The highest BCUT2D eigenvalue weighted by atomic mass is 32.2. The summed E-state index contributed by atoms with van der Waals surface area (Å²) in [4.78, 5) is 32.5. The number of benzene rings is 1. The van der Waals surface area contributed by atoms with Gasteiger partial charge < -0.3 is 9.40 Å². The van der Waals surface area contributed by atoms with Crippen molar-refractivity contribution in [1.29, 1.82) is 0 Å². The largest absolute Gasteiger partial charge is 0.411 e. The third-order valence-corrected chi connectivity index (χ3v) is 6.32. The summed E-state index contributed by atoms with van der Waals surface area (Å²) in [5, 5.41) is 8.97. The molecule has 1 aromatic carbocycles. The molecule has 0 unspecified atom stereocenters. The van der Waals surface area contributed by atoms with Crippen LogP contribution in [-0.4, -0.2) is 25.9 Å². The first kappa shape index (κ1) is 18.6. The van der Waals surface area contributed by atoms with Crippen molar-refractivity contribution >= 4 is 39.1 Å². The topological polar surface area (TPSA) is 102 Å². The van der Waals surface area contributed by atoms with Gasteiger partial charge in [-0.2, -0.15) is 0 Å². The summed E-state index contributed by atoms with van der Waals surface area (Å²) in [6.07, 6.45) is 0. The number of carbonyl (C=O) groups is 1. The number of thioether (sulfide) groups is 1. The van der Waals surface area contributed by atoms with Crippen molar-refractivity contribution in [3.05, 3.63) is 56.4 Å². The second-order valence-corrected chi connectivity index (χ2v) is 8.26. The Morgan fingerprint density at radius 2 is 1.96 bits per heavy atom. The van der Waals surface area contributed by atoms with Crippen molar-refractivity contribution < 1.29 is 9.21 Å². The van der Waals surface area contributed by atoms with Gasteiger partial charge in [0.2, 0.25) is 5.89 Å². The maximum atomic E-state index is 12.4. The van der Waals surface area contributed by atoms with Gasteiger partial charge in [0, 0.05) is 5.56 Å². The maximum Gasteiger partial charge on any atom is 0.277 e. The fourth-order valence-electron chi connectivity index (χ4n) is 2.80. The Morgan fingerprint density at radius 1 is 1.21 bits per heavy atom. The average Bonchev–Trinajstić information content (AvgIpc) is 3.26. The van der Waals surface area contributed by atoms with Gasteiger partial charge in [0.25, 0.3) is 10.8 Å². The number of ketones is 1. The van der Waals surface area contributed by atoms with Crippen LogP contribution >= 0.6 is 23.1 Å². The van der Waals surface area contributed by atoms with E-state index in [1.165, 1.54) is 30.0 Å². The van der Waals surface area contributed by atoms with Gasteiger partial charge in [-0.15, -0.1) is 21.5 Å². The van der Waals surface area contributed by atoms with Crippen LogP contribution in [0.1, 0.15) is 33.5 Å². The van der Waals surface area contributed by atoms with E-state index < -0.39 is 0 Å². The zero-order valence-corrected chi connectivity index (χ0v) is 17.0. The molecular weight excluding hydrogens is 396 g/mol. The number of H-pyrrole nitrogens is 1. The highest BCUT2D eigenvalue weighted by Crippen LogP contribution is 2.29. The second kappa shape index (κ2) is 7.33. The van der Waals surface area contributed by atoms with Crippen molar-refractivity contribution in [2.75, 3.05) is 0 Å². The highest BCUT2D eigenvalue weighted by Gasteiger charge is 2.17. The van der Waals surface area contributed by atoms with Gasteiger partial charge in [-0.05, 0) is 38.5 Å². The summed E-state index contributed by atoms with van der Waals surface area (Å²) in [7, 11) is 0. The Morgan fingerprint density at radius 3 is 2.68 bits per heavy atom. The normalized spacial score (nSPS) is 11.2. The summed E-state index contributed by atoms with van der Waals surface area (Å²) in [6.45, 7) is 5.27. The molecule has 0 amide bonds. The Kier molecular flexibility index (Phi) is 4.86. The lowest BCUT2D eigenvalue weighted by Crippen LogP contribution is -2.11. The molecule has 7 nitrogen and oxygen atoms in total. The SMILES string of the molecule is CC(=O)c1sc2nc(CSc3nnc(-c4ccc(C)cc4)o3)[nH]c(=O)c2c1C. The molecule has 0 aliphatic carbocycles. The van der Waals surface area contributed by atoms with Crippen LogP contribution in [-0.2, 0) is 5.75 Å². The minimum absolute atomic E-state index is 0.0645. The first-order valence-corrected chi connectivity index (χ1v) is 10.3. The number of aryl methyl sites for hydroxylation is 2. The van der Waals surface area contributed by atoms with E-state index >= 15 is 0 Å². The lowest BCUT2D eigenvalue weighted by Gasteiger charge is -1.99. The molecule has 1 N–H and O–H groups in total. The van der Waals surface area contributed by atoms with Crippen molar-refractivity contribution in [3.63, 3.8) is 0 Å². The van der Waals surface area contributed by atoms with Gasteiger partial charge in [-0.1, -0.05) is 29.5 Å². The van der Waals surface area contributed by atoms with Gasteiger partial charge in [0.05, 0.1) is 16.0 Å². The van der Waals surface area contributed by atoms with E-state index in [0.29, 0.717) is 43.3 Å². The molecule has 142 valence electrons. The molecule has 4 rings (SSSR count). The molecule has 3 heterocycles. The zero-order valence-electron chi connectivity index (χ0n) is 15.4. The van der Waals surface area contributed by atoms with E-state index in [9.17, 15) is 9.59 Å². The van der Waals surface area contributed by atoms with E-state index in [0.717, 1.165) is 11.1 Å². The third-order valence-electron chi connectivity index (χ3n) is 4.21. The molecule has 4 aromatic rings. The number of hydrogen-bond acceptors (Lipinski definition) is 8. The van der Waals surface area contributed by atoms with Gasteiger partial charge in [0.15, 0.2) is 5.78 Å². The van der Waals surface area contributed by atoms with Crippen LogP contribution < -0.4 is 5.56 Å². The van der Waals surface area contributed by atoms with Gasteiger partial charge in [0.1, 0.15) is 10.7 Å². The Balaban J connectivity index is 1.55. The highest BCUT2D eigenvalue weighted by molar-refractivity contribution is 7.98. The lowest BCUT2D eigenvalue weighted by molar-refractivity contribution is 0.102. The van der Waals surface area contributed by atoms with Crippen molar-refractivity contribution in [1.82, 2.24) is 20.2 Å². The number of thiophene rings is 1. The van der Waals surface area contributed by atoms with E-state index in [4.69, 9.17) is 4.42 Å². The molecule has 0 aliphatic rings. The molecule has 0 atom stereocenters. The molecule has 0 radical (unpaired) electrons. The van der Waals surface area contributed by atoms with Crippen molar-refractivity contribution in [3.8, 4) is 11.5 Å². The van der Waals surface area contributed by atoms with Crippen molar-refractivity contribution in [2.24, 2.45) is 0 Å². The van der Waals surface area contributed by atoms with Gasteiger partial charge in [-0.3, -0.25) is 9.59 Å². The first-order valence-electron chi connectivity index (χ1n) is 8.49. The van der Waals surface area contributed by atoms with Crippen LogP contribution in [0.25, 0.3) is 21.7 Å². The molecule has 9 heteroatoms. The third kappa shape index (κ3) is 3.50. The Labute approximate surface area is 168 Å². The monoisotopic (exact) mass is 412 g/mol. The standard InChI is InChI=1S/C19H16N4O3S2/c1-9-4-6-12(7-5-9)17-22-23-19(26-17)27-8-13-20-16(25)14-10(2)15(11(3)24)28-18(14)21-13/h4-7H,8H2,1-3H3,(H,20,21,25). The number of nitrogens with zero attached hydrogens (tertiary/aromatic N) is 3. The number of nitrogens with one attached hydrogen (secondary N) is 1. The molecule has 3 aromatic heterocycles. The van der Waals surface area contributed by atoms with Crippen LogP contribution in [0.2, 0.25) is 0 Å². The first-order chi connectivity index (χ1) is 13.4. The van der Waals surface area contributed by atoms with Crippen LogP contribution in [0.3, 0.4) is 0 Å². The molecular formula is C19H16N4O3S2. The van der Waals surface area contributed by atoms with E-state index in [-0.39, 0.29) is 11.3 Å². The van der Waals surface area contributed by atoms with Crippen LogP contribution in [0.15, 0.2) is 38.7 Å². The molecule has 0 spiro atoms. The molecule has 28 heavy (non-hydrogen) atoms. The maximum absolute atomic E-state index is 12.4. The predicted molar refractivity (Wildman–Crippen MR) is 109 cm³/mol. The molecule has 0 fully saturated rings. The van der Waals surface area contributed by atoms with Gasteiger partial charge in [-0.25, -0.2) is 4.98 Å². The quantitative estimate of drug-likeness (QED) is 0.388. The van der Waals surface area contributed by atoms with E-state index in [2.05, 4.69) is 20.2 Å². The number of Topliss-reactive ketones (excluding diaryl/α,β-unsaturated/α-hetero) is 1. The summed E-state index contributed by atoms with van der Waals surface area (Å²) < 4.78 is 5.68. The molecule has 0 aliphatic heterocycles. The Hall–Kier alpha value is -2.78. The number of fused-ring (bicyclic) bond motifs is 1. The van der Waals surface area contributed by atoms with E-state index in [1.54, 1.807) is 6.92 Å². The fourth-order valence-corrected chi connectivity index (χ4v) is 4.53. The summed E-state index contributed by atoms with van der Waals surface area (Å²) in [5.74, 6) is 1.24. The number of aromatic nitrogens is 4. The predicted octanol–water partition coefficient (Wildman–Crippen LogP) is 4.15. The number of rotatable bonds is 5. The summed E-state index contributed by atoms with van der Waals surface area (Å²) in [6, 6.07) is 7.81. The van der Waals surface area contributed by atoms with Gasteiger partial charge >= 0.3 is 0 Å². The summed E-state index contributed by atoms with van der Waals surface area (Å²) in [5.41, 5.74) is 2.44. The Bertz CT molecular complexity index is 1240. The minimum Gasteiger partial charge on any atom is -0.411 e. The number of hydrogen-bond donors (Lipinski definition) is 1. The minimum atomic E-state index is -0.243. The molecule has 0 saturated carbocycles.